The molecule has 2 aliphatic rings. The van der Waals surface area contributed by atoms with Gasteiger partial charge in [-0.15, -0.1) is 0 Å². The van der Waals surface area contributed by atoms with Crippen molar-refractivity contribution in [2.75, 3.05) is 39.3 Å². The van der Waals surface area contributed by atoms with Crippen LogP contribution in [-0.2, 0) is 23.4 Å². The second-order valence-corrected chi connectivity index (χ2v) is 16.9. The first-order chi connectivity index (χ1) is 30.9. The molecule has 13 heteroatoms. The highest BCUT2D eigenvalue weighted by atomic mass is 16.5. The molecular formula is C51H52N4O9. The van der Waals surface area contributed by atoms with E-state index in [0.29, 0.717) is 72.5 Å². The zero-order valence-corrected chi connectivity index (χ0v) is 35.4. The van der Waals surface area contributed by atoms with Crippen LogP contribution >= 0.6 is 0 Å². The lowest BCUT2D eigenvalue weighted by molar-refractivity contribution is -0.155. The summed E-state index contributed by atoms with van der Waals surface area (Å²) in [6.07, 6.45) is 3.43. The number of likely N-dealkylation sites (tertiary alicyclic amines) is 2. The number of aliphatic hydroxyl groups is 2. The summed E-state index contributed by atoms with van der Waals surface area (Å²) >= 11 is 0. The highest BCUT2D eigenvalue weighted by Gasteiger charge is 2.41. The number of amides is 2. The SMILES string of the molecule is O=C(c1ccc(CCNCC(O)c2ccc(O)c3[nH]c(=O)ccc23)cc1)N1CCC2(CC1)CCN(C(=O)c1ccc(COc3cccc(C(O)(C(=O)O)c4ccccc4)c3)cc1)CC2. The van der Waals surface area contributed by atoms with Gasteiger partial charge >= 0.3 is 5.97 Å². The molecule has 0 aliphatic carbocycles. The molecule has 0 saturated carbocycles. The van der Waals surface area contributed by atoms with Crippen molar-refractivity contribution >= 4 is 28.7 Å². The maximum absolute atomic E-state index is 13.5. The number of carbonyl (C=O) groups is 3. The molecule has 2 saturated heterocycles. The molecule has 2 unspecified atom stereocenters. The molecular weight excluding hydrogens is 813 g/mol. The second-order valence-electron chi connectivity index (χ2n) is 16.9. The maximum Gasteiger partial charge on any atom is 0.345 e. The van der Waals surface area contributed by atoms with Crippen molar-refractivity contribution in [2.24, 2.45) is 5.41 Å². The van der Waals surface area contributed by atoms with Crippen LogP contribution in [0.25, 0.3) is 10.9 Å². The number of carboxylic acid groups (broad SMARTS) is 1. The fourth-order valence-corrected chi connectivity index (χ4v) is 8.99. The predicted octanol–water partition coefficient (Wildman–Crippen LogP) is 6.16. The lowest BCUT2D eigenvalue weighted by atomic mass is 9.71. The molecule has 5 aromatic carbocycles. The minimum Gasteiger partial charge on any atom is -0.506 e. The molecule has 330 valence electrons. The van der Waals surface area contributed by atoms with Gasteiger partial charge in [0.1, 0.15) is 18.1 Å². The molecule has 0 bridgehead atoms. The van der Waals surface area contributed by atoms with Gasteiger partial charge in [-0.05, 0) is 115 Å². The first-order valence-electron chi connectivity index (χ1n) is 21.7. The number of piperidine rings is 2. The number of aliphatic carboxylic acids is 1. The number of H-pyrrole nitrogens is 1. The monoisotopic (exact) mass is 864 g/mol. The van der Waals surface area contributed by atoms with E-state index >= 15 is 0 Å². The molecule has 2 fully saturated rings. The first-order valence-corrected chi connectivity index (χ1v) is 21.7. The number of aromatic amines is 1. The number of aromatic hydroxyl groups is 1. The number of nitrogens with zero attached hydrogens (tertiary/aromatic N) is 2. The molecule has 13 nitrogen and oxygen atoms in total. The van der Waals surface area contributed by atoms with E-state index in [2.05, 4.69) is 10.3 Å². The third-order valence-corrected chi connectivity index (χ3v) is 13.0. The number of carbonyl (C=O) groups excluding carboxylic acids is 2. The number of benzene rings is 5. The Kier molecular flexibility index (Phi) is 12.9. The second kappa shape index (κ2) is 18.9. The third kappa shape index (κ3) is 9.42. The minimum absolute atomic E-state index is 0.0179. The summed E-state index contributed by atoms with van der Waals surface area (Å²) in [5, 5.41) is 46.0. The molecule has 1 aromatic heterocycles. The normalized spacial score (nSPS) is 16.3. The average molecular weight is 865 g/mol. The summed E-state index contributed by atoms with van der Waals surface area (Å²) in [5.74, 6) is -1.03. The average Bonchev–Trinajstić information content (AvgIpc) is 3.33. The van der Waals surface area contributed by atoms with Crippen LogP contribution < -0.4 is 15.6 Å². The summed E-state index contributed by atoms with van der Waals surface area (Å²) in [7, 11) is 0. The molecule has 64 heavy (non-hydrogen) atoms. The van der Waals surface area contributed by atoms with Gasteiger partial charge in [0.15, 0.2) is 0 Å². The van der Waals surface area contributed by atoms with Crippen LogP contribution in [-0.4, -0.2) is 92.3 Å². The van der Waals surface area contributed by atoms with Gasteiger partial charge in [-0.2, -0.15) is 0 Å². The van der Waals surface area contributed by atoms with E-state index in [1.165, 1.54) is 18.2 Å². The van der Waals surface area contributed by atoms with Crippen molar-refractivity contribution in [3.8, 4) is 11.5 Å². The van der Waals surface area contributed by atoms with Crippen molar-refractivity contribution in [1.29, 1.82) is 0 Å². The molecule has 3 heterocycles. The Morgan fingerprint density at radius 2 is 1.33 bits per heavy atom. The summed E-state index contributed by atoms with van der Waals surface area (Å²) in [6.45, 7) is 3.74. The number of hydrogen-bond donors (Lipinski definition) is 6. The third-order valence-electron chi connectivity index (χ3n) is 13.0. The Bertz CT molecular complexity index is 2670. The van der Waals surface area contributed by atoms with Crippen LogP contribution in [0.3, 0.4) is 0 Å². The van der Waals surface area contributed by atoms with E-state index in [-0.39, 0.29) is 52.8 Å². The maximum atomic E-state index is 13.5. The Morgan fingerprint density at radius 1 is 0.734 bits per heavy atom. The van der Waals surface area contributed by atoms with E-state index in [9.17, 15) is 39.6 Å². The van der Waals surface area contributed by atoms with Gasteiger partial charge < -0.3 is 45.3 Å². The van der Waals surface area contributed by atoms with Crippen LogP contribution in [0.4, 0.5) is 0 Å². The van der Waals surface area contributed by atoms with Crippen LogP contribution in [0.1, 0.15) is 80.3 Å². The van der Waals surface area contributed by atoms with Crippen molar-refractivity contribution in [2.45, 2.75) is 50.4 Å². The smallest absolute Gasteiger partial charge is 0.345 e. The van der Waals surface area contributed by atoms with Crippen molar-refractivity contribution in [3.05, 3.63) is 177 Å². The molecule has 2 amide bonds. The summed E-state index contributed by atoms with van der Waals surface area (Å²) in [5.41, 5.74) is 2.00. The van der Waals surface area contributed by atoms with E-state index in [0.717, 1.165) is 36.8 Å². The quantitative estimate of drug-likeness (QED) is 0.0692. The number of aliphatic hydroxyl groups excluding tert-OH is 1. The van der Waals surface area contributed by atoms with Crippen molar-refractivity contribution in [3.63, 3.8) is 0 Å². The lowest BCUT2D eigenvalue weighted by Crippen LogP contribution is -2.49. The highest BCUT2D eigenvalue weighted by molar-refractivity contribution is 5.95. The van der Waals surface area contributed by atoms with Crippen molar-refractivity contribution in [1.82, 2.24) is 20.1 Å². The number of phenols is 1. The molecule has 2 atom stereocenters. The standard InChI is InChI=1S/C51H52N4O9/c56-43-19-17-41(42-18-20-45(58)53-46(42)43)44(57)32-52-26-21-34-9-13-36(14-10-34)47(59)54-27-22-50(23-28-54)24-29-55(30-25-50)48(60)37-15-11-35(12-16-37)33-64-40-8-4-7-39(31-40)51(63,49(61)62)38-5-2-1-3-6-38/h1-20,31,44,52,56-57,63H,21-30,32-33H2,(H,53,58)(H,61,62). The number of carboxylic acids is 1. The topological polar surface area (TPSA) is 193 Å². The zero-order valence-electron chi connectivity index (χ0n) is 35.4. The number of nitrogens with one attached hydrogen (secondary N) is 2. The van der Waals surface area contributed by atoms with Gasteiger partial charge in [-0.3, -0.25) is 14.4 Å². The number of pyridine rings is 1. The van der Waals surface area contributed by atoms with Crippen LogP contribution in [0.5, 0.6) is 11.5 Å². The number of aromatic nitrogens is 1. The van der Waals surface area contributed by atoms with E-state index in [1.807, 2.05) is 46.2 Å². The van der Waals surface area contributed by atoms with Crippen LogP contribution in [0.2, 0.25) is 0 Å². The highest BCUT2D eigenvalue weighted by Crippen LogP contribution is 2.42. The van der Waals surface area contributed by atoms with E-state index in [1.54, 1.807) is 72.8 Å². The first kappa shape index (κ1) is 43.8. The van der Waals surface area contributed by atoms with E-state index < -0.39 is 17.7 Å². The number of ether oxygens (including phenoxy) is 1. The van der Waals surface area contributed by atoms with Crippen LogP contribution in [0.15, 0.2) is 132 Å². The molecule has 1 spiro atoms. The fraction of sp³-hybridized carbons (Fsp3) is 0.294. The number of phenolic OH excluding ortho intramolecular Hbond substituents is 1. The number of hydrogen-bond acceptors (Lipinski definition) is 9. The number of fused-ring (bicyclic) bond motifs is 1. The lowest BCUT2D eigenvalue weighted by Gasteiger charge is -2.47. The summed E-state index contributed by atoms with van der Waals surface area (Å²) in [6, 6.07) is 35.7. The molecule has 0 radical (unpaired) electrons. The molecule has 2 aliphatic heterocycles. The zero-order chi connectivity index (χ0) is 44.8. The van der Waals surface area contributed by atoms with Gasteiger partial charge in [0.05, 0.1) is 11.6 Å². The summed E-state index contributed by atoms with van der Waals surface area (Å²) in [4.78, 5) is 57.5. The predicted molar refractivity (Wildman–Crippen MR) is 241 cm³/mol. The Labute approximate surface area is 370 Å². The molecule has 6 N–H and O–H groups in total. The summed E-state index contributed by atoms with van der Waals surface area (Å²) < 4.78 is 5.98. The molecule has 6 aromatic rings. The minimum atomic E-state index is -2.24. The van der Waals surface area contributed by atoms with Gasteiger partial charge in [0, 0.05) is 60.9 Å². The largest absolute Gasteiger partial charge is 0.506 e. The van der Waals surface area contributed by atoms with Gasteiger partial charge in [-0.25, -0.2) is 4.79 Å². The van der Waals surface area contributed by atoms with Gasteiger partial charge in [0.25, 0.3) is 11.8 Å². The van der Waals surface area contributed by atoms with Gasteiger partial charge in [-0.1, -0.05) is 72.8 Å². The Morgan fingerprint density at radius 3 is 1.94 bits per heavy atom. The fourth-order valence-electron chi connectivity index (χ4n) is 8.99. The molecule has 8 rings (SSSR count). The van der Waals surface area contributed by atoms with Crippen LogP contribution in [0, 0.1) is 5.41 Å². The number of rotatable bonds is 14. The van der Waals surface area contributed by atoms with E-state index in [4.69, 9.17) is 4.74 Å². The van der Waals surface area contributed by atoms with Gasteiger partial charge in [0.2, 0.25) is 11.2 Å². The van der Waals surface area contributed by atoms with Crippen molar-refractivity contribution < 1.29 is 39.5 Å². The Balaban J connectivity index is 0.763. The Hall–Kier alpha value is -6.80.